The summed E-state index contributed by atoms with van der Waals surface area (Å²) in [5.74, 6) is -3.95. The number of carboxylic acid groups (broad SMARTS) is 1. The van der Waals surface area contributed by atoms with Crippen molar-refractivity contribution in [3.05, 3.63) is 94.5 Å². The summed E-state index contributed by atoms with van der Waals surface area (Å²) >= 11 is 5.93. The van der Waals surface area contributed by atoms with Crippen molar-refractivity contribution in [1.82, 2.24) is 10.6 Å². The minimum atomic E-state index is -1.21. The van der Waals surface area contributed by atoms with Crippen LogP contribution < -0.4 is 10.6 Å². The Labute approximate surface area is 218 Å². The fourth-order valence-corrected chi connectivity index (χ4v) is 4.02. The normalized spacial score (nSPS) is 12.0. The van der Waals surface area contributed by atoms with Gasteiger partial charge in [0.15, 0.2) is 0 Å². The van der Waals surface area contributed by atoms with Gasteiger partial charge in [0.1, 0.15) is 17.7 Å². The highest BCUT2D eigenvalue weighted by molar-refractivity contribution is 6.30. The van der Waals surface area contributed by atoms with E-state index in [0.29, 0.717) is 22.6 Å². The van der Waals surface area contributed by atoms with E-state index in [4.69, 9.17) is 16.7 Å². The van der Waals surface area contributed by atoms with Crippen LogP contribution in [-0.2, 0) is 16.0 Å². The largest absolute Gasteiger partial charge is 0.481 e. The van der Waals surface area contributed by atoms with Crippen LogP contribution in [0, 0.1) is 11.6 Å². The van der Waals surface area contributed by atoms with Crippen LogP contribution in [0.5, 0.6) is 0 Å². The number of amides is 2. The molecule has 2 amide bonds. The van der Waals surface area contributed by atoms with Gasteiger partial charge in [-0.15, -0.1) is 0 Å². The van der Waals surface area contributed by atoms with Crippen LogP contribution in [0.1, 0.15) is 42.6 Å². The first-order valence-electron chi connectivity index (χ1n) is 11.6. The van der Waals surface area contributed by atoms with E-state index in [9.17, 15) is 23.2 Å². The first-order chi connectivity index (χ1) is 17.4. The quantitative estimate of drug-likeness (QED) is 0.329. The van der Waals surface area contributed by atoms with Crippen molar-refractivity contribution in [1.29, 1.82) is 0 Å². The van der Waals surface area contributed by atoms with Gasteiger partial charge in [0.25, 0.3) is 5.91 Å². The van der Waals surface area contributed by atoms with E-state index >= 15 is 0 Å². The van der Waals surface area contributed by atoms with Gasteiger partial charge in [0.05, 0.1) is 5.56 Å². The topological polar surface area (TPSA) is 95.5 Å². The van der Waals surface area contributed by atoms with Crippen LogP contribution in [-0.4, -0.2) is 34.5 Å². The Kier molecular flexibility index (Phi) is 8.99. The molecule has 3 rings (SSSR count). The molecule has 0 fully saturated rings. The zero-order valence-electron chi connectivity index (χ0n) is 20.4. The molecule has 0 saturated carbocycles. The Hall–Kier alpha value is -3.78. The molecular weight excluding hydrogens is 502 g/mol. The summed E-state index contributed by atoms with van der Waals surface area (Å²) in [5.41, 5.74) is 0.662. The van der Waals surface area contributed by atoms with Crippen molar-refractivity contribution in [3.63, 3.8) is 0 Å². The molecule has 0 aliphatic carbocycles. The third kappa shape index (κ3) is 8.11. The molecule has 0 aliphatic rings. The SMILES string of the molecule is CC(C)(Cc1ccc(Cl)cc1)NC(=O)[C@H](CCC(=O)O)NC(=O)c1ccc(-c2cccc(F)c2)cc1F. The van der Waals surface area contributed by atoms with E-state index in [1.54, 1.807) is 32.0 Å². The Morgan fingerprint density at radius 1 is 0.973 bits per heavy atom. The zero-order chi connectivity index (χ0) is 27.2. The fraction of sp³-hybridized carbons (Fsp3) is 0.250. The zero-order valence-corrected chi connectivity index (χ0v) is 21.1. The lowest BCUT2D eigenvalue weighted by Crippen LogP contribution is -2.54. The highest BCUT2D eigenvalue weighted by atomic mass is 35.5. The standard InChI is InChI=1S/C28H27ClF2N2O4/c1-28(2,16-17-6-9-20(29)10-7-17)33-27(37)24(12-13-25(34)35)32-26(36)22-11-8-19(15-23(22)31)18-4-3-5-21(30)14-18/h3-11,14-15,24H,12-13,16H2,1-2H3,(H,32,36)(H,33,37)(H,34,35)/t24-/m0/s1. The fourth-order valence-electron chi connectivity index (χ4n) is 3.90. The molecule has 0 heterocycles. The molecule has 1 atom stereocenters. The van der Waals surface area contributed by atoms with Crippen LogP contribution >= 0.6 is 11.6 Å². The summed E-state index contributed by atoms with van der Waals surface area (Å²) in [6, 6.07) is 15.3. The number of benzene rings is 3. The summed E-state index contributed by atoms with van der Waals surface area (Å²) in [7, 11) is 0. The Bertz CT molecular complexity index is 1300. The van der Waals surface area contributed by atoms with Gasteiger partial charge in [0, 0.05) is 17.0 Å². The van der Waals surface area contributed by atoms with Crippen LogP contribution in [0.2, 0.25) is 5.02 Å². The minimum Gasteiger partial charge on any atom is -0.481 e. The summed E-state index contributed by atoms with van der Waals surface area (Å²) in [6.07, 6.45) is -0.116. The maximum absolute atomic E-state index is 14.8. The number of halogens is 3. The summed E-state index contributed by atoms with van der Waals surface area (Å²) < 4.78 is 28.4. The number of carbonyl (C=O) groups excluding carboxylic acids is 2. The van der Waals surface area contributed by atoms with Crippen LogP contribution in [0.4, 0.5) is 8.78 Å². The molecule has 6 nitrogen and oxygen atoms in total. The van der Waals surface area contributed by atoms with E-state index in [-0.39, 0.29) is 18.4 Å². The average molecular weight is 529 g/mol. The Balaban J connectivity index is 1.74. The van der Waals surface area contributed by atoms with Crippen molar-refractivity contribution in [2.24, 2.45) is 0 Å². The lowest BCUT2D eigenvalue weighted by molar-refractivity contribution is -0.137. The van der Waals surface area contributed by atoms with Gasteiger partial charge in [-0.2, -0.15) is 0 Å². The third-order valence-corrected chi connectivity index (χ3v) is 5.91. The maximum Gasteiger partial charge on any atom is 0.303 e. The second-order valence-electron chi connectivity index (χ2n) is 9.34. The summed E-state index contributed by atoms with van der Waals surface area (Å²) in [5, 5.41) is 15.0. The van der Waals surface area contributed by atoms with E-state index < -0.39 is 41.0 Å². The molecule has 0 saturated heterocycles. The number of aliphatic carboxylic acids is 1. The van der Waals surface area contributed by atoms with Gasteiger partial charge in [-0.25, -0.2) is 8.78 Å². The van der Waals surface area contributed by atoms with E-state index in [1.165, 1.54) is 30.3 Å². The highest BCUT2D eigenvalue weighted by Gasteiger charge is 2.29. The molecule has 3 N–H and O–H groups in total. The summed E-state index contributed by atoms with van der Waals surface area (Å²) in [4.78, 5) is 37.1. The van der Waals surface area contributed by atoms with Crippen LogP contribution in [0.15, 0.2) is 66.7 Å². The van der Waals surface area contributed by atoms with Gasteiger partial charge < -0.3 is 15.7 Å². The second kappa shape index (κ2) is 12.0. The summed E-state index contributed by atoms with van der Waals surface area (Å²) in [6.45, 7) is 3.58. The maximum atomic E-state index is 14.8. The smallest absolute Gasteiger partial charge is 0.303 e. The first-order valence-corrected chi connectivity index (χ1v) is 12.0. The Morgan fingerprint density at radius 3 is 2.27 bits per heavy atom. The van der Waals surface area contributed by atoms with Crippen LogP contribution in [0.25, 0.3) is 11.1 Å². The molecule has 37 heavy (non-hydrogen) atoms. The predicted molar refractivity (Wildman–Crippen MR) is 137 cm³/mol. The molecular formula is C28H27ClF2N2O4. The molecule has 0 unspecified atom stereocenters. The number of rotatable bonds is 10. The predicted octanol–water partition coefficient (Wildman–Crippen LogP) is 5.39. The molecule has 0 radical (unpaired) electrons. The number of carbonyl (C=O) groups is 3. The Morgan fingerprint density at radius 2 is 1.65 bits per heavy atom. The van der Waals surface area contributed by atoms with E-state index in [2.05, 4.69) is 10.6 Å². The molecule has 3 aromatic carbocycles. The van der Waals surface area contributed by atoms with Crippen molar-refractivity contribution in [2.75, 3.05) is 0 Å². The average Bonchev–Trinajstić information content (AvgIpc) is 2.82. The van der Waals surface area contributed by atoms with Crippen LogP contribution in [0.3, 0.4) is 0 Å². The molecule has 0 bridgehead atoms. The van der Waals surface area contributed by atoms with Crippen molar-refractivity contribution < 1.29 is 28.3 Å². The van der Waals surface area contributed by atoms with Gasteiger partial charge >= 0.3 is 5.97 Å². The number of hydrogen-bond donors (Lipinski definition) is 3. The number of hydrogen-bond acceptors (Lipinski definition) is 3. The van der Waals surface area contributed by atoms with Crippen molar-refractivity contribution in [3.8, 4) is 11.1 Å². The molecule has 194 valence electrons. The van der Waals surface area contributed by atoms with Gasteiger partial charge in [-0.05, 0) is 79.8 Å². The lowest BCUT2D eigenvalue weighted by Gasteiger charge is -2.29. The van der Waals surface area contributed by atoms with Gasteiger partial charge in [-0.3, -0.25) is 14.4 Å². The second-order valence-corrected chi connectivity index (χ2v) is 9.78. The minimum absolute atomic E-state index is 0.188. The first kappa shape index (κ1) is 27.8. The van der Waals surface area contributed by atoms with Gasteiger partial charge in [0.2, 0.25) is 5.91 Å². The molecule has 0 aliphatic heterocycles. The van der Waals surface area contributed by atoms with E-state index in [1.807, 2.05) is 12.1 Å². The van der Waals surface area contributed by atoms with Crippen molar-refractivity contribution in [2.45, 2.75) is 44.7 Å². The highest BCUT2D eigenvalue weighted by Crippen LogP contribution is 2.23. The lowest BCUT2D eigenvalue weighted by atomic mass is 9.94. The monoisotopic (exact) mass is 528 g/mol. The molecule has 0 aromatic heterocycles. The van der Waals surface area contributed by atoms with E-state index in [0.717, 1.165) is 11.6 Å². The molecule has 3 aromatic rings. The number of carboxylic acids is 1. The molecule has 9 heteroatoms. The third-order valence-electron chi connectivity index (χ3n) is 5.66. The number of nitrogens with one attached hydrogen (secondary N) is 2. The van der Waals surface area contributed by atoms with Gasteiger partial charge in [-0.1, -0.05) is 41.9 Å². The van der Waals surface area contributed by atoms with Crippen molar-refractivity contribution >= 4 is 29.4 Å². The molecule has 0 spiro atoms.